The fourth-order valence-electron chi connectivity index (χ4n) is 1.31. The van der Waals surface area contributed by atoms with Crippen LogP contribution >= 0.6 is 11.8 Å². The third-order valence-corrected chi connectivity index (χ3v) is 3.24. The lowest BCUT2D eigenvalue weighted by Gasteiger charge is -2.07. The van der Waals surface area contributed by atoms with Gasteiger partial charge in [0.15, 0.2) is 10.8 Å². The number of carbonyl (C=O) groups excluding carboxylic acids is 1. The van der Waals surface area contributed by atoms with Crippen LogP contribution in [0, 0.1) is 0 Å². The highest BCUT2D eigenvalue weighted by atomic mass is 32.2. The van der Waals surface area contributed by atoms with Crippen molar-refractivity contribution >= 4 is 23.3 Å². The van der Waals surface area contributed by atoms with E-state index in [1.807, 2.05) is 35.7 Å². The van der Waals surface area contributed by atoms with E-state index in [0.29, 0.717) is 0 Å². The molecule has 0 saturated heterocycles. The monoisotopic (exact) mass is 236 g/mol. The third kappa shape index (κ3) is 2.01. The Labute approximate surface area is 97.3 Å². The van der Waals surface area contributed by atoms with E-state index >= 15 is 0 Å². The number of fused-ring (bicyclic) bond motifs is 1. The van der Waals surface area contributed by atoms with E-state index in [2.05, 4.69) is 15.5 Å². The third-order valence-electron chi connectivity index (χ3n) is 2.18. The van der Waals surface area contributed by atoms with Crippen molar-refractivity contribution in [3.05, 3.63) is 24.4 Å². The molecule has 0 spiro atoms. The largest absolute Gasteiger partial charge is 0.358 e. The Bertz CT molecular complexity index is 510. The molecular formula is C10H12N4OS. The predicted molar refractivity (Wildman–Crippen MR) is 62.4 cm³/mol. The van der Waals surface area contributed by atoms with Gasteiger partial charge in [0.2, 0.25) is 5.91 Å². The fourth-order valence-corrected chi connectivity index (χ4v) is 2.21. The van der Waals surface area contributed by atoms with Gasteiger partial charge in [0.25, 0.3) is 0 Å². The van der Waals surface area contributed by atoms with Crippen LogP contribution in [0.25, 0.3) is 5.65 Å². The summed E-state index contributed by atoms with van der Waals surface area (Å²) in [5.74, 6) is -0.0160. The summed E-state index contributed by atoms with van der Waals surface area (Å²) >= 11 is 1.39. The predicted octanol–water partition coefficient (Wildman–Crippen LogP) is 0.956. The van der Waals surface area contributed by atoms with Gasteiger partial charge in [-0.3, -0.25) is 9.20 Å². The van der Waals surface area contributed by atoms with E-state index in [9.17, 15) is 4.79 Å². The molecule has 0 aliphatic carbocycles. The minimum Gasteiger partial charge on any atom is -0.358 e. The molecule has 1 atom stereocenters. The highest BCUT2D eigenvalue weighted by molar-refractivity contribution is 8.00. The molecule has 5 nitrogen and oxygen atoms in total. The maximum atomic E-state index is 11.4. The van der Waals surface area contributed by atoms with Crippen LogP contribution in [-0.4, -0.2) is 32.8 Å². The average molecular weight is 236 g/mol. The van der Waals surface area contributed by atoms with E-state index in [-0.39, 0.29) is 11.2 Å². The van der Waals surface area contributed by atoms with Gasteiger partial charge < -0.3 is 5.32 Å². The van der Waals surface area contributed by atoms with Crippen LogP contribution in [0.15, 0.2) is 29.6 Å². The number of hydrogen-bond acceptors (Lipinski definition) is 4. The molecule has 16 heavy (non-hydrogen) atoms. The standard InChI is InChI=1S/C10H12N4OS/c1-7(9(15)11-2)16-10-13-12-8-5-3-4-6-14(8)10/h3-7H,1-2H3,(H,11,15)/t7-/m1/s1. The summed E-state index contributed by atoms with van der Waals surface area (Å²) in [6, 6.07) is 5.69. The number of aromatic nitrogens is 3. The zero-order valence-corrected chi connectivity index (χ0v) is 9.86. The summed E-state index contributed by atoms with van der Waals surface area (Å²) in [6.07, 6.45) is 1.88. The highest BCUT2D eigenvalue weighted by Gasteiger charge is 2.16. The number of rotatable bonds is 3. The Morgan fingerprint density at radius 2 is 2.31 bits per heavy atom. The molecule has 2 heterocycles. The highest BCUT2D eigenvalue weighted by Crippen LogP contribution is 2.21. The van der Waals surface area contributed by atoms with Crippen molar-refractivity contribution in [1.29, 1.82) is 0 Å². The van der Waals surface area contributed by atoms with Gasteiger partial charge in [-0.2, -0.15) is 0 Å². The van der Waals surface area contributed by atoms with Gasteiger partial charge in [-0.1, -0.05) is 17.8 Å². The molecule has 2 aromatic heterocycles. The number of nitrogens with zero attached hydrogens (tertiary/aromatic N) is 3. The minimum atomic E-state index is -0.183. The van der Waals surface area contributed by atoms with E-state index in [1.54, 1.807) is 7.05 Å². The topological polar surface area (TPSA) is 59.3 Å². The molecule has 1 amide bonds. The maximum Gasteiger partial charge on any atom is 0.233 e. The summed E-state index contributed by atoms with van der Waals surface area (Å²) < 4.78 is 1.87. The lowest BCUT2D eigenvalue weighted by atomic mass is 10.4. The van der Waals surface area contributed by atoms with Crippen molar-refractivity contribution in [1.82, 2.24) is 19.9 Å². The first-order chi connectivity index (χ1) is 7.72. The van der Waals surface area contributed by atoms with Gasteiger partial charge in [-0.25, -0.2) is 0 Å². The van der Waals surface area contributed by atoms with Gasteiger partial charge in [0.1, 0.15) is 0 Å². The van der Waals surface area contributed by atoms with E-state index in [1.165, 1.54) is 11.8 Å². The lowest BCUT2D eigenvalue weighted by Crippen LogP contribution is -2.27. The quantitative estimate of drug-likeness (QED) is 0.806. The SMILES string of the molecule is CNC(=O)[C@@H](C)Sc1nnc2ccccn12. The first-order valence-corrected chi connectivity index (χ1v) is 5.78. The lowest BCUT2D eigenvalue weighted by molar-refractivity contribution is -0.119. The number of amides is 1. The Morgan fingerprint density at radius 3 is 3.06 bits per heavy atom. The average Bonchev–Trinajstić information content (AvgIpc) is 2.72. The van der Waals surface area contributed by atoms with E-state index in [0.717, 1.165) is 10.8 Å². The molecule has 84 valence electrons. The molecule has 0 aromatic carbocycles. The number of thioether (sulfide) groups is 1. The smallest absolute Gasteiger partial charge is 0.233 e. The van der Waals surface area contributed by atoms with Crippen molar-refractivity contribution in [2.75, 3.05) is 7.05 Å². The van der Waals surface area contributed by atoms with Crippen molar-refractivity contribution in [3.63, 3.8) is 0 Å². The first-order valence-electron chi connectivity index (χ1n) is 4.90. The molecule has 2 aromatic rings. The molecule has 0 aliphatic heterocycles. The molecule has 0 saturated carbocycles. The zero-order valence-electron chi connectivity index (χ0n) is 9.04. The van der Waals surface area contributed by atoms with Crippen molar-refractivity contribution < 1.29 is 4.79 Å². The second-order valence-corrected chi connectivity index (χ2v) is 4.59. The second kappa shape index (κ2) is 4.52. The van der Waals surface area contributed by atoms with E-state index in [4.69, 9.17) is 0 Å². The van der Waals surface area contributed by atoms with Gasteiger partial charge in [0.05, 0.1) is 5.25 Å². The Balaban J connectivity index is 2.24. The van der Waals surface area contributed by atoms with Crippen LogP contribution in [0.1, 0.15) is 6.92 Å². The molecule has 0 aliphatic rings. The van der Waals surface area contributed by atoms with Crippen LogP contribution < -0.4 is 5.32 Å². The summed E-state index contributed by atoms with van der Waals surface area (Å²) in [5, 5.41) is 11.2. The summed E-state index contributed by atoms with van der Waals surface area (Å²) in [7, 11) is 1.63. The van der Waals surface area contributed by atoms with Crippen molar-refractivity contribution in [2.24, 2.45) is 0 Å². The van der Waals surface area contributed by atoms with Crippen LogP contribution in [0.2, 0.25) is 0 Å². The molecule has 0 radical (unpaired) electrons. The van der Waals surface area contributed by atoms with Gasteiger partial charge in [-0.15, -0.1) is 10.2 Å². The fraction of sp³-hybridized carbons (Fsp3) is 0.300. The summed E-state index contributed by atoms with van der Waals surface area (Å²) in [4.78, 5) is 11.4. The van der Waals surface area contributed by atoms with Crippen molar-refractivity contribution in [2.45, 2.75) is 17.3 Å². The number of hydrogen-bond donors (Lipinski definition) is 1. The molecule has 0 bridgehead atoms. The van der Waals surface area contributed by atoms with Gasteiger partial charge >= 0.3 is 0 Å². The van der Waals surface area contributed by atoms with Gasteiger partial charge in [-0.05, 0) is 19.1 Å². The molecule has 0 fully saturated rings. The molecule has 1 N–H and O–H groups in total. The van der Waals surface area contributed by atoms with Crippen LogP contribution in [-0.2, 0) is 4.79 Å². The van der Waals surface area contributed by atoms with Gasteiger partial charge in [0, 0.05) is 13.2 Å². The Kier molecular flexibility index (Phi) is 3.09. The minimum absolute atomic E-state index is 0.0160. The Morgan fingerprint density at radius 1 is 1.50 bits per heavy atom. The molecule has 6 heteroatoms. The zero-order chi connectivity index (χ0) is 11.5. The van der Waals surface area contributed by atoms with Crippen molar-refractivity contribution in [3.8, 4) is 0 Å². The first kappa shape index (κ1) is 10.9. The molecule has 0 unspecified atom stereocenters. The number of nitrogens with one attached hydrogen (secondary N) is 1. The summed E-state index contributed by atoms with van der Waals surface area (Å²) in [6.45, 7) is 1.84. The normalized spacial score (nSPS) is 12.6. The molecular weight excluding hydrogens is 224 g/mol. The number of pyridine rings is 1. The summed E-state index contributed by atoms with van der Waals surface area (Å²) in [5.41, 5.74) is 0.786. The van der Waals surface area contributed by atoms with Crippen LogP contribution in [0.4, 0.5) is 0 Å². The maximum absolute atomic E-state index is 11.4. The van der Waals surface area contributed by atoms with E-state index < -0.39 is 0 Å². The van der Waals surface area contributed by atoms with Crippen LogP contribution in [0.5, 0.6) is 0 Å². The number of carbonyl (C=O) groups is 1. The van der Waals surface area contributed by atoms with Crippen LogP contribution in [0.3, 0.4) is 0 Å². The second-order valence-electron chi connectivity index (χ2n) is 3.29. The molecule has 2 rings (SSSR count). The Hall–Kier alpha value is -1.56.